The molecular weight excluding hydrogens is 234 g/mol. The fraction of sp³-hybridized carbons (Fsp3) is 0.385. The molecule has 0 bridgehead atoms. The maximum atomic E-state index is 11.6. The molecule has 1 rings (SSSR count). The summed E-state index contributed by atoms with van der Waals surface area (Å²) in [5.41, 5.74) is 0. The minimum atomic E-state index is -0.907. The van der Waals surface area contributed by atoms with Gasteiger partial charge in [0.05, 0.1) is 19.4 Å². The normalized spacial score (nSPS) is 9.83. The number of ether oxygens (including phenoxy) is 1. The van der Waals surface area contributed by atoms with Gasteiger partial charge in [-0.2, -0.15) is 0 Å². The number of carbonyl (C=O) groups excluding carboxylic acids is 1. The van der Waals surface area contributed by atoms with Crippen LogP contribution in [0.5, 0.6) is 5.75 Å². The SMILES string of the molecule is CN(CCC(=O)O)C(=O)CCOc1ccccc1. The first-order valence-corrected chi connectivity index (χ1v) is 5.73. The highest BCUT2D eigenvalue weighted by Crippen LogP contribution is 2.08. The molecule has 0 saturated heterocycles. The van der Waals surface area contributed by atoms with Crippen LogP contribution >= 0.6 is 0 Å². The predicted octanol–water partition coefficient (Wildman–Crippen LogP) is 1.39. The zero-order valence-corrected chi connectivity index (χ0v) is 10.3. The second-order valence-corrected chi connectivity index (χ2v) is 3.87. The fourth-order valence-electron chi connectivity index (χ4n) is 1.35. The quantitative estimate of drug-likeness (QED) is 0.795. The van der Waals surface area contributed by atoms with Crippen LogP contribution in [0.1, 0.15) is 12.8 Å². The van der Waals surface area contributed by atoms with E-state index < -0.39 is 5.97 Å². The van der Waals surface area contributed by atoms with Gasteiger partial charge in [0, 0.05) is 13.6 Å². The Morgan fingerprint density at radius 2 is 1.89 bits per heavy atom. The van der Waals surface area contributed by atoms with Gasteiger partial charge in [-0.3, -0.25) is 9.59 Å². The number of aliphatic carboxylic acids is 1. The highest BCUT2D eigenvalue weighted by molar-refractivity contribution is 5.76. The van der Waals surface area contributed by atoms with Crippen LogP contribution in [0.25, 0.3) is 0 Å². The molecule has 18 heavy (non-hydrogen) atoms. The zero-order valence-electron chi connectivity index (χ0n) is 10.3. The molecule has 5 nitrogen and oxygen atoms in total. The number of nitrogens with zero attached hydrogens (tertiary/aromatic N) is 1. The summed E-state index contributed by atoms with van der Waals surface area (Å²) in [5, 5.41) is 8.51. The summed E-state index contributed by atoms with van der Waals surface area (Å²) < 4.78 is 5.39. The third-order valence-electron chi connectivity index (χ3n) is 2.41. The molecular formula is C13H17NO4. The lowest BCUT2D eigenvalue weighted by atomic mass is 10.3. The largest absolute Gasteiger partial charge is 0.493 e. The van der Waals surface area contributed by atoms with Gasteiger partial charge in [0.25, 0.3) is 0 Å². The van der Waals surface area contributed by atoms with Gasteiger partial charge in [-0.15, -0.1) is 0 Å². The van der Waals surface area contributed by atoms with E-state index in [1.54, 1.807) is 7.05 Å². The summed E-state index contributed by atoms with van der Waals surface area (Å²) in [5.74, 6) is -0.305. The van der Waals surface area contributed by atoms with Crippen molar-refractivity contribution in [1.29, 1.82) is 0 Å². The Balaban J connectivity index is 2.22. The standard InChI is InChI=1S/C13H17NO4/c1-14(9-7-13(16)17)12(15)8-10-18-11-5-3-2-4-6-11/h2-6H,7-10H2,1H3,(H,16,17). The second kappa shape index (κ2) is 7.32. The average Bonchev–Trinajstić information content (AvgIpc) is 2.37. The van der Waals surface area contributed by atoms with Gasteiger partial charge in [-0.25, -0.2) is 0 Å². The van der Waals surface area contributed by atoms with Crippen molar-refractivity contribution in [2.75, 3.05) is 20.2 Å². The Kier molecular flexibility index (Phi) is 5.70. The predicted molar refractivity (Wildman–Crippen MR) is 66.4 cm³/mol. The maximum Gasteiger partial charge on any atom is 0.305 e. The topological polar surface area (TPSA) is 66.8 Å². The monoisotopic (exact) mass is 251 g/mol. The summed E-state index contributed by atoms with van der Waals surface area (Å²) in [7, 11) is 1.59. The molecule has 0 spiro atoms. The van der Waals surface area contributed by atoms with E-state index in [1.807, 2.05) is 30.3 Å². The van der Waals surface area contributed by atoms with Crippen molar-refractivity contribution >= 4 is 11.9 Å². The van der Waals surface area contributed by atoms with E-state index in [-0.39, 0.29) is 25.3 Å². The third-order valence-corrected chi connectivity index (χ3v) is 2.41. The number of para-hydroxylation sites is 1. The van der Waals surface area contributed by atoms with Gasteiger partial charge < -0.3 is 14.7 Å². The molecule has 0 fully saturated rings. The van der Waals surface area contributed by atoms with Gasteiger partial charge in [0.2, 0.25) is 5.91 Å². The van der Waals surface area contributed by atoms with Crippen LogP contribution in [-0.4, -0.2) is 42.1 Å². The number of hydrogen-bond donors (Lipinski definition) is 1. The summed E-state index contributed by atoms with van der Waals surface area (Å²) in [4.78, 5) is 23.4. The average molecular weight is 251 g/mol. The molecule has 0 radical (unpaired) electrons. The Labute approximate surface area is 106 Å². The van der Waals surface area contributed by atoms with E-state index in [4.69, 9.17) is 9.84 Å². The second-order valence-electron chi connectivity index (χ2n) is 3.87. The summed E-state index contributed by atoms with van der Waals surface area (Å²) in [6.07, 6.45) is 0.201. The molecule has 98 valence electrons. The van der Waals surface area contributed by atoms with Crippen LogP contribution in [0.4, 0.5) is 0 Å². The molecule has 0 unspecified atom stereocenters. The van der Waals surface area contributed by atoms with E-state index in [9.17, 15) is 9.59 Å². The smallest absolute Gasteiger partial charge is 0.305 e. The lowest BCUT2D eigenvalue weighted by Crippen LogP contribution is -2.30. The molecule has 1 aromatic carbocycles. The van der Waals surface area contributed by atoms with Crippen molar-refractivity contribution in [2.24, 2.45) is 0 Å². The summed E-state index contributed by atoms with van der Waals surface area (Å²) in [6, 6.07) is 9.24. The minimum Gasteiger partial charge on any atom is -0.493 e. The molecule has 1 N–H and O–H groups in total. The molecule has 0 aliphatic heterocycles. The number of hydrogen-bond acceptors (Lipinski definition) is 3. The zero-order chi connectivity index (χ0) is 13.4. The minimum absolute atomic E-state index is 0.0399. The Bertz CT molecular complexity index is 391. The van der Waals surface area contributed by atoms with Crippen molar-refractivity contribution in [3.63, 3.8) is 0 Å². The van der Waals surface area contributed by atoms with Crippen molar-refractivity contribution < 1.29 is 19.4 Å². The van der Waals surface area contributed by atoms with Crippen molar-refractivity contribution in [1.82, 2.24) is 4.90 Å². The van der Waals surface area contributed by atoms with Crippen LogP contribution in [0.15, 0.2) is 30.3 Å². The highest BCUT2D eigenvalue weighted by atomic mass is 16.5. The molecule has 5 heteroatoms. The number of benzene rings is 1. The lowest BCUT2D eigenvalue weighted by molar-refractivity contribution is -0.138. The number of carbonyl (C=O) groups is 2. The molecule has 1 aromatic rings. The first kappa shape index (κ1) is 14.0. The van der Waals surface area contributed by atoms with E-state index in [0.29, 0.717) is 6.61 Å². The molecule has 0 saturated carbocycles. The molecule has 0 heterocycles. The Hall–Kier alpha value is -2.04. The number of carboxylic acid groups (broad SMARTS) is 1. The third kappa shape index (κ3) is 5.34. The molecule has 0 atom stereocenters. The first-order chi connectivity index (χ1) is 8.59. The molecule has 0 aromatic heterocycles. The lowest BCUT2D eigenvalue weighted by Gasteiger charge is -2.16. The van der Waals surface area contributed by atoms with Crippen molar-refractivity contribution in [2.45, 2.75) is 12.8 Å². The van der Waals surface area contributed by atoms with Crippen LogP contribution in [-0.2, 0) is 9.59 Å². The van der Waals surface area contributed by atoms with Crippen LogP contribution in [0, 0.1) is 0 Å². The molecule has 0 aliphatic carbocycles. The van der Waals surface area contributed by atoms with E-state index in [0.717, 1.165) is 5.75 Å². The number of carboxylic acids is 1. The van der Waals surface area contributed by atoms with Gasteiger partial charge >= 0.3 is 5.97 Å². The van der Waals surface area contributed by atoms with Gasteiger partial charge in [0.1, 0.15) is 5.75 Å². The molecule has 0 aliphatic rings. The van der Waals surface area contributed by atoms with E-state index >= 15 is 0 Å². The van der Waals surface area contributed by atoms with Gasteiger partial charge in [0.15, 0.2) is 0 Å². The highest BCUT2D eigenvalue weighted by Gasteiger charge is 2.10. The summed E-state index contributed by atoms with van der Waals surface area (Å²) >= 11 is 0. The van der Waals surface area contributed by atoms with Crippen LogP contribution in [0.3, 0.4) is 0 Å². The van der Waals surface area contributed by atoms with E-state index in [1.165, 1.54) is 4.90 Å². The van der Waals surface area contributed by atoms with Crippen LogP contribution in [0.2, 0.25) is 0 Å². The van der Waals surface area contributed by atoms with Crippen molar-refractivity contribution in [3.05, 3.63) is 30.3 Å². The Morgan fingerprint density at radius 1 is 1.22 bits per heavy atom. The Morgan fingerprint density at radius 3 is 2.50 bits per heavy atom. The van der Waals surface area contributed by atoms with Gasteiger partial charge in [-0.05, 0) is 12.1 Å². The maximum absolute atomic E-state index is 11.6. The molecule has 1 amide bonds. The summed E-state index contributed by atoms with van der Waals surface area (Å²) in [6.45, 7) is 0.514. The van der Waals surface area contributed by atoms with Gasteiger partial charge in [-0.1, -0.05) is 18.2 Å². The van der Waals surface area contributed by atoms with E-state index in [2.05, 4.69) is 0 Å². The number of amides is 1. The number of rotatable bonds is 7. The van der Waals surface area contributed by atoms with Crippen LogP contribution < -0.4 is 4.74 Å². The fourth-order valence-corrected chi connectivity index (χ4v) is 1.35. The van der Waals surface area contributed by atoms with Crippen molar-refractivity contribution in [3.8, 4) is 5.75 Å². The first-order valence-electron chi connectivity index (χ1n) is 5.73.